The summed E-state index contributed by atoms with van der Waals surface area (Å²) in [4.78, 5) is 41.2. The van der Waals surface area contributed by atoms with Crippen LogP contribution < -0.4 is 5.32 Å². The van der Waals surface area contributed by atoms with Gasteiger partial charge in [0, 0.05) is 17.7 Å². The van der Waals surface area contributed by atoms with Gasteiger partial charge >= 0.3 is 5.97 Å². The van der Waals surface area contributed by atoms with Crippen LogP contribution in [0.5, 0.6) is 0 Å². The fraction of sp³-hybridized carbons (Fsp3) is 0.348. The van der Waals surface area contributed by atoms with Gasteiger partial charge in [-0.1, -0.05) is 42.5 Å². The fourth-order valence-corrected chi connectivity index (χ4v) is 4.94. The number of fused-ring (bicyclic) bond motifs is 1. The molecule has 2 amide bonds. The summed E-state index contributed by atoms with van der Waals surface area (Å²) in [6.45, 7) is 3.83. The van der Waals surface area contributed by atoms with Crippen molar-refractivity contribution in [2.24, 2.45) is 11.8 Å². The molecule has 2 aromatic rings. The van der Waals surface area contributed by atoms with Crippen LogP contribution in [0.1, 0.15) is 31.0 Å². The van der Waals surface area contributed by atoms with E-state index in [1.54, 1.807) is 55.6 Å². The number of ether oxygens (including phenoxy) is 1. The van der Waals surface area contributed by atoms with Crippen LogP contribution in [-0.4, -0.2) is 35.8 Å². The highest BCUT2D eigenvalue weighted by atomic mass is 19.1. The number of nitrogens with two attached hydrogens (primary N) is 1. The zero-order valence-electron chi connectivity index (χ0n) is 16.9. The quantitative estimate of drug-likeness (QED) is 0.598. The lowest BCUT2D eigenvalue weighted by atomic mass is 9.75. The minimum Gasteiger partial charge on any atom is -0.461 e. The summed E-state index contributed by atoms with van der Waals surface area (Å²) >= 11 is 0. The molecule has 4 rings (SSSR count). The minimum atomic E-state index is -1.39. The van der Waals surface area contributed by atoms with Crippen LogP contribution in [-0.2, 0) is 24.7 Å². The van der Waals surface area contributed by atoms with Crippen LogP contribution in [0.4, 0.5) is 4.39 Å². The van der Waals surface area contributed by atoms with Crippen molar-refractivity contribution in [1.29, 1.82) is 0 Å². The molecule has 30 heavy (non-hydrogen) atoms. The summed E-state index contributed by atoms with van der Waals surface area (Å²) < 4.78 is 19.0. The van der Waals surface area contributed by atoms with Crippen molar-refractivity contribution in [1.82, 2.24) is 4.90 Å². The van der Waals surface area contributed by atoms with Gasteiger partial charge in [0.15, 0.2) is 0 Å². The molecule has 0 radical (unpaired) electrons. The van der Waals surface area contributed by atoms with Crippen LogP contribution in [0.3, 0.4) is 0 Å². The first-order chi connectivity index (χ1) is 14.5. The van der Waals surface area contributed by atoms with Crippen molar-refractivity contribution in [3.05, 3.63) is 71.5 Å². The Morgan fingerprint density at radius 1 is 1.07 bits per heavy atom. The van der Waals surface area contributed by atoms with E-state index in [0.717, 1.165) is 0 Å². The Balaban J connectivity index is 1.93. The number of carbonyl (C=O) groups excluding carboxylic acids is 3. The molecule has 156 valence electrons. The number of amides is 2. The Labute approximate surface area is 174 Å². The molecule has 0 spiro atoms. The molecule has 6 nitrogen and oxygen atoms in total. The Kier molecular flexibility index (Phi) is 5.15. The number of hydrogen-bond donors (Lipinski definition) is 1. The van der Waals surface area contributed by atoms with Crippen molar-refractivity contribution in [2.75, 3.05) is 13.2 Å². The Bertz CT molecular complexity index is 978. The normalized spacial score (nSPS) is 28.0. The van der Waals surface area contributed by atoms with E-state index in [2.05, 4.69) is 0 Å². The number of nitrogens with zero attached hydrogens (tertiary/aromatic N) is 1. The van der Waals surface area contributed by atoms with Crippen LogP contribution in [0.25, 0.3) is 0 Å². The number of carbonyl (C=O) groups is 3. The van der Waals surface area contributed by atoms with E-state index in [1.165, 1.54) is 17.0 Å². The highest BCUT2D eigenvalue weighted by Gasteiger charge is 2.73. The van der Waals surface area contributed by atoms with Crippen LogP contribution in [0, 0.1) is 17.7 Å². The molecule has 0 aliphatic carbocycles. The average Bonchev–Trinajstić information content (AvgIpc) is 3.24. The Hall–Kier alpha value is -3.06. The number of benzene rings is 2. The van der Waals surface area contributed by atoms with E-state index >= 15 is 0 Å². The SMILES string of the molecule is CCOC(=O)[C@]1(c2ccccc2)[NH2+][C@H](c2ccc(F)cc2)[C@@H]2C(=O)N(CC)C(=O)[C@H]21. The summed E-state index contributed by atoms with van der Waals surface area (Å²) in [6.07, 6.45) is 0. The molecule has 7 heteroatoms. The highest BCUT2D eigenvalue weighted by molar-refractivity contribution is 6.08. The first kappa shape index (κ1) is 20.2. The standard InChI is InChI=1S/C23H23FN2O4/c1-3-26-20(27)17-18(21(26)28)23(22(29)30-4-2,15-8-6-5-7-9-15)25-19(17)14-10-12-16(24)13-11-14/h5-13,17-19,25H,3-4H2,1-2H3/p+1/t17-,18+,19-,23-/m1/s1. The van der Waals surface area contributed by atoms with Gasteiger partial charge in [-0.05, 0) is 26.0 Å². The molecule has 2 N–H and O–H groups in total. The predicted octanol–water partition coefficient (Wildman–Crippen LogP) is 1.52. The third kappa shape index (κ3) is 2.84. The fourth-order valence-electron chi connectivity index (χ4n) is 4.94. The summed E-state index contributed by atoms with van der Waals surface area (Å²) in [6, 6.07) is 14.3. The van der Waals surface area contributed by atoms with Gasteiger partial charge < -0.3 is 10.1 Å². The maximum absolute atomic E-state index is 13.5. The number of rotatable bonds is 5. The highest BCUT2D eigenvalue weighted by Crippen LogP contribution is 2.48. The summed E-state index contributed by atoms with van der Waals surface area (Å²) in [7, 11) is 0. The van der Waals surface area contributed by atoms with Gasteiger partial charge in [0.05, 0.1) is 6.61 Å². The first-order valence-electron chi connectivity index (χ1n) is 10.1. The first-order valence-corrected chi connectivity index (χ1v) is 10.1. The zero-order valence-corrected chi connectivity index (χ0v) is 16.9. The molecule has 2 heterocycles. The zero-order chi connectivity index (χ0) is 21.5. The molecule has 0 aromatic heterocycles. The van der Waals surface area contributed by atoms with Crippen molar-refractivity contribution in [3.8, 4) is 0 Å². The number of halogens is 1. The Morgan fingerprint density at radius 3 is 2.33 bits per heavy atom. The van der Waals surface area contributed by atoms with Gasteiger partial charge in [-0.3, -0.25) is 14.5 Å². The van der Waals surface area contributed by atoms with Gasteiger partial charge in [-0.2, -0.15) is 0 Å². The second-order valence-electron chi connectivity index (χ2n) is 7.62. The van der Waals surface area contributed by atoms with Crippen molar-refractivity contribution >= 4 is 17.8 Å². The number of esters is 1. The van der Waals surface area contributed by atoms with E-state index in [9.17, 15) is 18.8 Å². The van der Waals surface area contributed by atoms with Gasteiger partial charge in [-0.25, -0.2) is 9.18 Å². The van der Waals surface area contributed by atoms with E-state index in [-0.39, 0.29) is 25.0 Å². The second-order valence-corrected chi connectivity index (χ2v) is 7.62. The van der Waals surface area contributed by atoms with Gasteiger partial charge in [0.25, 0.3) is 0 Å². The third-order valence-corrected chi connectivity index (χ3v) is 6.20. The summed E-state index contributed by atoms with van der Waals surface area (Å²) in [5, 5.41) is 1.77. The molecule has 4 atom stereocenters. The number of quaternary nitrogens is 1. The summed E-state index contributed by atoms with van der Waals surface area (Å²) in [5.41, 5.74) is -0.0905. The molecular weight excluding hydrogens is 387 g/mol. The lowest BCUT2D eigenvalue weighted by Crippen LogP contribution is -2.96. The van der Waals surface area contributed by atoms with Crippen molar-refractivity contribution in [3.63, 3.8) is 0 Å². The number of likely N-dealkylation sites (tertiary alicyclic amines) is 1. The molecule has 2 aliphatic heterocycles. The molecular formula is C23H24FN2O4+. The Morgan fingerprint density at radius 2 is 1.73 bits per heavy atom. The molecule has 0 unspecified atom stereocenters. The number of imide groups is 1. The molecule has 2 saturated heterocycles. The van der Waals surface area contributed by atoms with Crippen LogP contribution in [0.15, 0.2) is 54.6 Å². The molecule has 0 bridgehead atoms. The van der Waals surface area contributed by atoms with Gasteiger partial charge in [0.1, 0.15) is 23.7 Å². The topological polar surface area (TPSA) is 80.3 Å². The number of hydrogen-bond acceptors (Lipinski definition) is 4. The molecule has 0 saturated carbocycles. The predicted molar refractivity (Wildman–Crippen MR) is 105 cm³/mol. The maximum Gasteiger partial charge on any atom is 0.373 e. The van der Waals surface area contributed by atoms with Gasteiger partial charge in [0.2, 0.25) is 17.4 Å². The largest absolute Gasteiger partial charge is 0.461 e. The van der Waals surface area contributed by atoms with Crippen molar-refractivity contribution < 1.29 is 28.8 Å². The lowest BCUT2D eigenvalue weighted by Gasteiger charge is -2.30. The third-order valence-electron chi connectivity index (χ3n) is 6.20. The molecule has 2 fully saturated rings. The maximum atomic E-state index is 13.5. The van der Waals surface area contributed by atoms with Crippen molar-refractivity contribution in [2.45, 2.75) is 25.4 Å². The van der Waals surface area contributed by atoms with Crippen LogP contribution in [0.2, 0.25) is 0 Å². The molecule has 2 aliphatic rings. The minimum absolute atomic E-state index is 0.152. The average molecular weight is 411 g/mol. The van der Waals surface area contributed by atoms with E-state index in [1.807, 2.05) is 6.07 Å². The van der Waals surface area contributed by atoms with Crippen LogP contribution >= 0.6 is 0 Å². The molecule has 2 aromatic carbocycles. The lowest BCUT2D eigenvalue weighted by molar-refractivity contribution is -0.742. The summed E-state index contributed by atoms with van der Waals surface area (Å²) in [5.74, 6) is -3.26. The van der Waals surface area contributed by atoms with E-state index in [4.69, 9.17) is 4.74 Å². The monoisotopic (exact) mass is 411 g/mol. The smallest absolute Gasteiger partial charge is 0.373 e. The van der Waals surface area contributed by atoms with E-state index < -0.39 is 35.2 Å². The van der Waals surface area contributed by atoms with E-state index in [0.29, 0.717) is 11.1 Å². The van der Waals surface area contributed by atoms with Gasteiger partial charge in [-0.15, -0.1) is 0 Å². The second kappa shape index (κ2) is 7.65.